The van der Waals surface area contributed by atoms with Crippen LogP contribution in [-0.2, 0) is 4.79 Å². The van der Waals surface area contributed by atoms with E-state index in [2.05, 4.69) is 21.2 Å². The van der Waals surface area contributed by atoms with Crippen molar-refractivity contribution in [3.63, 3.8) is 0 Å². The number of likely N-dealkylation sites (tertiary alicyclic amines) is 1. The standard InChI is InChI=1S/C23H22ClN5OS/c1-15(22(30)28-12-4-5-13-28)31-23-27-26-21(29(23)17-10-8-16(24)9-11-17)19-14-25-20-7-3-2-6-18(19)20/h2-3,6-11,14-15,25H,4-5,12-13H2,1H3/t15-/m1/s1. The SMILES string of the molecule is C[C@@H](Sc1nnc(-c2c[nH]c3ccccc23)n1-c1ccc(Cl)cc1)C(=O)N1CCCC1. The van der Waals surface area contributed by atoms with Gasteiger partial charge in [-0.1, -0.05) is 41.6 Å². The zero-order valence-corrected chi connectivity index (χ0v) is 18.7. The van der Waals surface area contributed by atoms with Crippen molar-refractivity contribution in [1.82, 2.24) is 24.6 Å². The molecule has 6 nitrogen and oxygen atoms in total. The van der Waals surface area contributed by atoms with Crippen molar-refractivity contribution in [2.75, 3.05) is 13.1 Å². The summed E-state index contributed by atoms with van der Waals surface area (Å²) in [6.45, 7) is 3.62. The average molecular weight is 452 g/mol. The molecule has 1 aliphatic rings. The van der Waals surface area contributed by atoms with Gasteiger partial charge in [-0.05, 0) is 50.1 Å². The lowest BCUT2D eigenvalue weighted by molar-refractivity contribution is -0.129. The molecule has 2 aromatic carbocycles. The highest BCUT2D eigenvalue weighted by atomic mass is 35.5. The first-order valence-electron chi connectivity index (χ1n) is 10.3. The zero-order valence-electron chi connectivity index (χ0n) is 17.1. The summed E-state index contributed by atoms with van der Waals surface area (Å²) in [5.41, 5.74) is 2.90. The van der Waals surface area contributed by atoms with Crippen LogP contribution in [0.25, 0.3) is 28.0 Å². The van der Waals surface area contributed by atoms with Gasteiger partial charge in [-0.2, -0.15) is 0 Å². The number of benzene rings is 2. The maximum atomic E-state index is 12.9. The molecule has 1 fully saturated rings. The second-order valence-electron chi connectivity index (χ2n) is 7.66. The molecule has 1 amide bonds. The largest absolute Gasteiger partial charge is 0.360 e. The van der Waals surface area contributed by atoms with Crippen LogP contribution in [0.4, 0.5) is 0 Å². The van der Waals surface area contributed by atoms with Gasteiger partial charge in [-0.3, -0.25) is 9.36 Å². The number of hydrogen-bond acceptors (Lipinski definition) is 4. The molecule has 0 saturated carbocycles. The van der Waals surface area contributed by atoms with Crippen molar-refractivity contribution < 1.29 is 4.79 Å². The van der Waals surface area contributed by atoms with Crippen LogP contribution in [0.3, 0.4) is 0 Å². The lowest BCUT2D eigenvalue weighted by Gasteiger charge is -2.20. The van der Waals surface area contributed by atoms with Gasteiger partial charge in [0.25, 0.3) is 0 Å². The summed E-state index contributed by atoms with van der Waals surface area (Å²) in [7, 11) is 0. The Morgan fingerprint density at radius 1 is 1.10 bits per heavy atom. The minimum atomic E-state index is -0.246. The van der Waals surface area contributed by atoms with Crippen molar-refractivity contribution in [3.05, 3.63) is 59.8 Å². The number of para-hydroxylation sites is 1. The fourth-order valence-electron chi connectivity index (χ4n) is 4.00. The maximum absolute atomic E-state index is 12.9. The van der Waals surface area contributed by atoms with Gasteiger partial charge in [-0.25, -0.2) is 0 Å². The molecule has 1 saturated heterocycles. The second-order valence-corrected chi connectivity index (χ2v) is 9.40. The van der Waals surface area contributed by atoms with Gasteiger partial charge in [0.1, 0.15) is 0 Å². The predicted octanol–water partition coefficient (Wildman–Crippen LogP) is 5.17. The Kier molecular flexibility index (Phi) is 5.46. The molecule has 0 bridgehead atoms. The number of aromatic nitrogens is 4. The molecule has 8 heteroatoms. The van der Waals surface area contributed by atoms with E-state index in [0.29, 0.717) is 10.2 Å². The molecule has 1 aliphatic heterocycles. The first-order chi connectivity index (χ1) is 15.1. The monoisotopic (exact) mass is 451 g/mol. The average Bonchev–Trinajstić information content (AvgIpc) is 3.53. The Morgan fingerprint density at radius 2 is 1.84 bits per heavy atom. The smallest absolute Gasteiger partial charge is 0.235 e. The van der Waals surface area contributed by atoms with E-state index in [1.807, 2.05) is 65.1 Å². The summed E-state index contributed by atoms with van der Waals surface area (Å²) >= 11 is 7.57. The van der Waals surface area contributed by atoms with Gasteiger partial charge >= 0.3 is 0 Å². The van der Waals surface area contributed by atoms with Gasteiger partial charge in [0.2, 0.25) is 5.91 Å². The van der Waals surface area contributed by atoms with Crippen molar-refractivity contribution >= 4 is 40.2 Å². The van der Waals surface area contributed by atoms with E-state index in [1.54, 1.807) is 0 Å². The highest BCUT2D eigenvalue weighted by Gasteiger charge is 2.27. The normalized spacial score (nSPS) is 15.0. The van der Waals surface area contributed by atoms with E-state index in [-0.39, 0.29) is 11.2 Å². The number of fused-ring (bicyclic) bond motifs is 1. The number of nitrogens with one attached hydrogen (secondary N) is 1. The molecular weight excluding hydrogens is 430 g/mol. The number of halogens is 1. The van der Waals surface area contributed by atoms with Crippen LogP contribution in [0, 0.1) is 0 Å². The fourth-order valence-corrected chi connectivity index (χ4v) is 5.08. The van der Waals surface area contributed by atoms with Gasteiger partial charge in [-0.15, -0.1) is 10.2 Å². The van der Waals surface area contributed by atoms with Crippen LogP contribution in [0.15, 0.2) is 59.9 Å². The number of hydrogen-bond donors (Lipinski definition) is 1. The molecule has 2 aromatic heterocycles. The van der Waals surface area contributed by atoms with Crippen LogP contribution in [0.5, 0.6) is 0 Å². The van der Waals surface area contributed by atoms with Crippen molar-refractivity contribution in [3.8, 4) is 17.1 Å². The minimum Gasteiger partial charge on any atom is -0.360 e. The molecule has 1 N–H and O–H groups in total. The van der Waals surface area contributed by atoms with Crippen LogP contribution in [0.1, 0.15) is 19.8 Å². The van der Waals surface area contributed by atoms with Crippen LogP contribution in [0.2, 0.25) is 5.02 Å². The minimum absolute atomic E-state index is 0.154. The summed E-state index contributed by atoms with van der Waals surface area (Å²) in [6, 6.07) is 15.7. The highest BCUT2D eigenvalue weighted by molar-refractivity contribution is 8.00. The van der Waals surface area contributed by atoms with E-state index in [9.17, 15) is 4.79 Å². The molecule has 1 atom stereocenters. The molecule has 0 aliphatic carbocycles. The number of carbonyl (C=O) groups excluding carboxylic acids is 1. The Bertz CT molecular complexity index is 1230. The fraction of sp³-hybridized carbons (Fsp3) is 0.261. The Hall–Kier alpha value is -2.77. The third kappa shape index (κ3) is 3.83. The quantitative estimate of drug-likeness (QED) is 0.425. The lowest BCUT2D eigenvalue weighted by Crippen LogP contribution is -2.34. The van der Waals surface area contributed by atoms with E-state index < -0.39 is 0 Å². The Balaban J connectivity index is 1.57. The number of rotatable bonds is 5. The molecule has 0 radical (unpaired) electrons. The molecule has 4 aromatic rings. The Morgan fingerprint density at radius 3 is 2.61 bits per heavy atom. The van der Waals surface area contributed by atoms with Gasteiger partial charge in [0, 0.05) is 46.5 Å². The number of amides is 1. The summed E-state index contributed by atoms with van der Waals surface area (Å²) < 4.78 is 2.00. The molecule has 0 unspecified atom stereocenters. The van der Waals surface area contributed by atoms with E-state index in [1.165, 1.54) is 11.8 Å². The van der Waals surface area contributed by atoms with Crippen molar-refractivity contribution in [1.29, 1.82) is 0 Å². The first-order valence-corrected chi connectivity index (χ1v) is 11.6. The van der Waals surface area contributed by atoms with Crippen LogP contribution in [-0.4, -0.2) is 48.9 Å². The third-order valence-corrected chi connectivity index (χ3v) is 6.88. The number of carbonyl (C=O) groups is 1. The molecule has 5 rings (SSSR count). The van der Waals surface area contributed by atoms with E-state index in [0.717, 1.165) is 53.9 Å². The molecule has 158 valence electrons. The number of thioether (sulfide) groups is 1. The maximum Gasteiger partial charge on any atom is 0.235 e. The summed E-state index contributed by atoms with van der Waals surface area (Å²) in [5, 5.41) is 11.2. The van der Waals surface area contributed by atoms with Crippen molar-refractivity contribution in [2.45, 2.75) is 30.2 Å². The Labute approximate surface area is 189 Å². The molecular formula is C23H22ClN5OS. The lowest BCUT2D eigenvalue weighted by atomic mass is 10.1. The first kappa shape index (κ1) is 20.2. The molecule has 0 spiro atoms. The second kappa shape index (κ2) is 8.40. The van der Waals surface area contributed by atoms with Gasteiger partial charge in [0.15, 0.2) is 11.0 Å². The number of aromatic amines is 1. The molecule has 3 heterocycles. The predicted molar refractivity (Wildman–Crippen MR) is 125 cm³/mol. The van der Waals surface area contributed by atoms with Crippen LogP contribution >= 0.6 is 23.4 Å². The highest BCUT2D eigenvalue weighted by Crippen LogP contribution is 2.34. The summed E-state index contributed by atoms with van der Waals surface area (Å²) in [6.07, 6.45) is 4.11. The van der Waals surface area contributed by atoms with E-state index >= 15 is 0 Å². The number of nitrogens with zero attached hydrogens (tertiary/aromatic N) is 4. The summed E-state index contributed by atoms with van der Waals surface area (Å²) in [5.74, 6) is 0.880. The van der Waals surface area contributed by atoms with E-state index in [4.69, 9.17) is 11.6 Å². The number of H-pyrrole nitrogens is 1. The third-order valence-electron chi connectivity index (χ3n) is 5.60. The zero-order chi connectivity index (χ0) is 21.4. The van der Waals surface area contributed by atoms with Gasteiger partial charge in [0.05, 0.1) is 5.25 Å². The summed E-state index contributed by atoms with van der Waals surface area (Å²) in [4.78, 5) is 18.1. The topological polar surface area (TPSA) is 66.8 Å². The molecule has 31 heavy (non-hydrogen) atoms. The van der Waals surface area contributed by atoms with Crippen molar-refractivity contribution in [2.24, 2.45) is 0 Å². The van der Waals surface area contributed by atoms with Gasteiger partial charge < -0.3 is 9.88 Å². The van der Waals surface area contributed by atoms with Crippen LogP contribution < -0.4 is 0 Å².